The molecule has 2 rings (SSSR count). The lowest BCUT2D eigenvalue weighted by atomic mass is 10.2. The van der Waals surface area contributed by atoms with E-state index < -0.39 is 11.9 Å². The molecule has 2 aromatic rings. The first-order chi connectivity index (χ1) is 8.02. The van der Waals surface area contributed by atoms with Crippen LogP contribution in [0.3, 0.4) is 0 Å². The van der Waals surface area contributed by atoms with Crippen molar-refractivity contribution in [3.63, 3.8) is 0 Å². The minimum absolute atomic E-state index is 0.00905. The van der Waals surface area contributed by atoms with Crippen LogP contribution < -0.4 is 0 Å². The largest absolute Gasteiger partial charge is 0.451 e. The van der Waals surface area contributed by atoms with E-state index in [1.807, 2.05) is 0 Å². The molecule has 17 heavy (non-hydrogen) atoms. The molecule has 0 saturated heterocycles. The maximum Gasteiger partial charge on any atom is 0.451 e. The number of alkyl halides is 3. The molecule has 90 valence electrons. The molecule has 0 atom stereocenters. The molecule has 0 amide bonds. The van der Waals surface area contributed by atoms with Gasteiger partial charge in [-0.25, -0.2) is 4.98 Å². The monoisotopic (exact) mass is 241 g/mol. The Bertz CT molecular complexity index is 502. The Morgan fingerprint density at radius 3 is 2.29 bits per heavy atom. The Labute approximate surface area is 96.1 Å². The van der Waals surface area contributed by atoms with Crippen molar-refractivity contribution in [3.05, 3.63) is 41.8 Å². The Balaban J connectivity index is 2.49. The van der Waals surface area contributed by atoms with Gasteiger partial charge in [-0.05, 0) is 18.6 Å². The first kappa shape index (κ1) is 11.7. The number of benzene rings is 1. The molecular weight excluding hydrogens is 231 g/mol. The number of hydrogen-bond donors (Lipinski definition) is 0. The molecule has 2 nitrogen and oxygen atoms in total. The third-order valence-corrected chi connectivity index (χ3v) is 2.31. The predicted octanol–water partition coefficient (Wildman–Crippen LogP) is 3.92. The van der Waals surface area contributed by atoms with Crippen LogP contribution in [0.1, 0.15) is 18.4 Å². The van der Waals surface area contributed by atoms with Gasteiger partial charge in [0.1, 0.15) is 0 Å². The maximum atomic E-state index is 12.6. The van der Waals surface area contributed by atoms with Crippen molar-refractivity contribution in [1.29, 1.82) is 0 Å². The molecule has 1 heterocycles. The molecule has 1 aromatic carbocycles. The summed E-state index contributed by atoms with van der Waals surface area (Å²) >= 11 is 0. The average Bonchev–Trinajstić information content (AvgIpc) is 2.74. The summed E-state index contributed by atoms with van der Waals surface area (Å²) in [6.07, 6.45) is -4.31. The third kappa shape index (κ3) is 2.33. The van der Waals surface area contributed by atoms with Crippen molar-refractivity contribution in [2.45, 2.75) is 19.5 Å². The van der Waals surface area contributed by atoms with E-state index in [1.54, 1.807) is 37.3 Å². The molecule has 0 aliphatic heterocycles. The summed E-state index contributed by atoms with van der Waals surface area (Å²) in [6.45, 7) is 1.61. The highest BCUT2D eigenvalue weighted by Crippen LogP contribution is 2.35. The van der Waals surface area contributed by atoms with Crippen LogP contribution in [0.2, 0.25) is 0 Å². The SMILES string of the molecule is CCc1nc(-c2ccccc2)oc1C(F)(F)F. The van der Waals surface area contributed by atoms with Gasteiger partial charge in [-0.3, -0.25) is 0 Å². The van der Waals surface area contributed by atoms with Crippen LogP contribution in [0.15, 0.2) is 34.7 Å². The van der Waals surface area contributed by atoms with Crippen molar-refractivity contribution in [2.75, 3.05) is 0 Å². The van der Waals surface area contributed by atoms with E-state index in [9.17, 15) is 13.2 Å². The van der Waals surface area contributed by atoms with Gasteiger partial charge in [0.15, 0.2) is 0 Å². The smallest absolute Gasteiger partial charge is 0.431 e. The zero-order chi connectivity index (χ0) is 12.5. The highest BCUT2D eigenvalue weighted by molar-refractivity contribution is 5.53. The number of aromatic nitrogens is 1. The van der Waals surface area contributed by atoms with E-state index in [1.165, 1.54) is 0 Å². The summed E-state index contributed by atoms with van der Waals surface area (Å²) < 4.78 is 42.7. The number of oxazole rings is 1. The van der Waals surface area contributed by atoms with Gasteiger partial charge in [0, 0.05) is 5.56 Å². The number of hydrogen-bond acceptors (Lipinski definition) is 2. The zero-order valence-corrected chi connectivity index (χ0v) is 9.08. The summed E-state index contributed by atoms with van der Waals surface area (Å²) in [5.74, 6) is -0.992. The van der Waals surface area contributed by atoms with Crippen LogP contribution in [-0.2, 0) is 12.6 Å². The van der Waals surface area contributed by atoms with Gasteiger partial charge in [0.25, 0.3) is 0 Å². The van der Waals surface area contributed by atoms with Crippen molar-refractivity contribution >= 4 is 0 Å². The molecule has 0 N–H and O–H groups in total. The van der Waals surface area contributed by atoms with Crippen molar-refractivity contribution < 1.29 is 17.6 Å². The van der Waals surface area contributed by atoms with E-state index in [2.05, 4.69) is 4.98 Å². The number of nitrogens with zero attached hydrogens (tertiary/aromatic N) is 1. The molecule has 0 bridgehead atoms. The highest BCUT2D eigenvalue weighted by atomic mass is 19.4. The zero-order valence-electron chi connectivity index (χ0n) is 9.08. The fourth-order valence-corrected chi connectivity index (χ4v) is 1.52. The van der Waals surface area contributed by atoms with Crippen LogP contribution in [0.4, 0.5) is 13.2 Å². The fraction of sp³-hybridized carbons (Fsp3) is 0.250. The second kappa shape index (κ2) is 4.24. The van der Waals surface area contributed by atoms with Gasteiger partial charge >= 0.3 is 6.18 Å². The first-order valence-electron chi connectivity index (χ1n) is 5.14. The molecule has 0 aliphatic rings. The van der Waals surface area contributed by atoms with Gasteiger partial charge in [0.2, 0.25) is 11.7 Å². The lowest BCUT2D eigenvalue weighted by Crippen LogP contribution is -2.06. The van der Waals surface area contributed by atoms with Crippen LogP contribution in [0, 0.1) is 0 Å². The van der Waals surface area contributed by atoms with Gasteiger partial charge in [-0.2, -0.15) is 13.2 Å². The topological polar surface area (TPSA) is 26.0 Å². The van der Waals surface area contributed by atoms with E-state index in [0.717, 1.165) is 0 Å². The average molecular weight is 241 g/mol. The summed E-state index contributed by atoms with van der Waals surface area (Å²) in [4.78, 5) is 3.88. The Morgan fingerprint density at radius 2 is 1.82 bits per heavy atom. The minimum Gasteiger partial charge on any atom is -0.431 e. The van der Waals surface area contributed by atoms with Crippen molar-refractivity contribution in [3.8, 4) is 11.5 Å². The molecule has 0 saturated carbocycles. The Hall–Kier alpha value is -1.78. The van der Waals surface area contributed by atoms with Crippen LogP contribution >= 0.6 is 0 Å². The normalized spacial score (nSPS) is 11.8. The maximum absolute atomic E-state index is 12.6. The summed E-state index contributed by atoms with van der Waals surface area (Å²) in [5.41, 5.74) is 0.481. The summed E-state index contributed by atoms with van der Waals surface area (Å²) in [5, 5.41) is 0. The number of halogens is 3. The molecule has 0 fully saturated rings. The minimum atomic E-state index is -4.49. The molecule has 0 aliphatic carbocycles. The van der Waals surface area contributed by atoms with Gasteiger partial charge in [-0.15, -0.1) is 0 Å². The Morgan fingerprint density at radius 1 is 1.18 bits per heavy atom. The molecule has 0 spiro atoms. The molecular formula is C12H10F3NO. The summed E-state index contributed by atoms with van der Waals surface area (Å²) in [6, 6.07) is 8.53. The van der Waals surface area contributed by atoms with Gasteiger partial charge in [-0.1, -0.05) is 25.1 Å². The van der Waals surface area contributed by atoms with Gasteiger partial charge in [0.05, 0.1) is 5.69 Å². The molecule has 1 aromatic heterocycles. The lowest BCUT2D eigenvalue weighted by molar-refractivity contribution is -0.153. The van der Waals surface area contributed by atoms with Gasteiger partial charge < -0.3 is 4.42 Å². The van der Waals surface area contributed by atoms with Crippen LogP contribution in [0.5, 0.6) is 0 Å². The third-order valence-electron chi connectivity index (χ3n) is 2.31. The van der Waals surface area contributed by atoms with E-state index in [-0.39, 0.29) is 18.0 Å². The summed E-state index contributed by atoms with van der Waals surface area (Å²) in [7, 11) is 0. The van der Waals surface area contributed by atoms with E-state index in [0.29, 0.717) is 5.56 Å². The number of rotatable bonds is 2. The second-order valence-corrected chi connectivity index (χ2v) is 3.51. The fourth-order valence-electron chi connectivity index (χ4n) is 1.52. The molecule has 0 unspecified atom stereocenters. The second-order valence-electron chi connectivity index (χ2n) is 3.51. The predicted molar refractivity (Wildman–Crippen MR) is 56.3 cm³/mol. The standard InChI is InChI=1S/C12H10F3NO/c1-2-9-10(12(13,14)15)17-11(16-9)8-6-4-3-5-7-8/h3-7H,2H2,1H3. The lowest BCUT2D eigenvalue weighted by Gasteiger charge is -2.02. The Kier molecular flexibility index (Phi) is 2.92. The quantitative estimate of drug-likeness (QED) is 0.796. The van der Waals surface area contributed by atoms with Crippen LogP contribution in [0.25, 0.3) is 11.5 Å². The molecule has 0 radical (unpaired) electrons. The highest BCUT2D eigenvalue weighted by Gasteiger charge is 2.39. The first-order valence-corrected chi connectivity index (χ1v) is 5.14. The van der Waals surface area contributed by atoms with E-state index >= 15 is 0 Å². The van der Waals surface area contributed by atoms with Crippen molar-refractivity contribution in [1.82, 2.24) is 4.98 Å². The van der Waals surface area contributed by atoms with Crippen molar-refractivity contribution in [2.24, 2.45) is 0 Å². The van der Waals surface area contributed by atoms with Crippen LogP contribution in [-0.4, -0.2) is 4.98 Å². The van der Waals surface area contributed by atoms with E-state index in [4.69, 9.17) is 4.42 Å². The molecule has 5 heteroatoms. The number of aryl methyl sites for hydroxylation is 1.